The van der Waals surface area contributed by atoms with Crippen LogP contribution in [0.1, 0.15) is 19.4 Å². The number of nitrogens with two attached hydrogens (primary N) is 1. The molecule has 15 heavy (non-hydrogen) atoms. The van der Waals surface area contributed by atoms with Crippen LogP contribution in [0.4, 0.5) is 0 Å². The quantitative estimate of drug-likeness (QED) is 0.789. The second-order valence-corrected chi connectivity index (χ2v) is 6.79. The lowest BCUT2D eigenvalue weighted by Gasteiger charge is -2.12. The average Bonchev–Trinajstić information content (AvgIpc) is 2.16. The Bertz CT molecular complexity index is 251. The number of hydrogen-bond donors (Lipinski definition) is 1. The van der Waals surface area contributed by atoms with Gasteiger partial charge in [-0.15, -0.1) is 12.4 Å². The molecule has 0 saturated carbocycles. The molecule has 0 aromatic heterocycles. The smallest absolute Gasteiger partial charge is 0.0400 e. The Morgan fingerprint density at radius 2 is 1.80 bits per heavy atom. The van der Waals surface area contributed by atoms with Crippen molar-refractivity contribution in [2.24, 2.45) is 11.7 Å². The molecule has 1 rings (SSSR count). The molecule has 0 fully saturated rings. The first-order valence-electron chi connectivity index (χ1n) is 5.48. The molecule has 0 amide bonds. The van der Waals surface area contributed by atoms with Gasteiger partial charge in [0.2, 0.25) is 0 Å². The zero-order valence-corrected chi connectivity index (χ0v) is 11.9. The van der Waals surface area contributed by atoms with Crippen molar-refractivity contribution in [3.63, 3.8) is 0 Å². The van der Waals surface area contributed by atoms with Gasteiger partial charge >= 0.3 is 0 Å². The maximum atomic E-state index is 5.80. The van der Waals surface area contributed by atoms with Crippen LogP contribution in [0.2, 0.25) is 6.04 Å². The minimum Gasteiger partial charge on any atom is -0.331 e. The van der Waals surface area contributed by atoms with Crippen molar-refractivity contribution in [1.82, 2.24) is 0 Å². The SMILES string of the molecule is CC(C[SiH2]C(C)N)Cc1ccccc1.Cl. The minimum absolute atomic E-state index is 0. The van der Waals surface area contributed by atoms with Gasteiger partial charge in [-0.1, -0.05) is 50.2 Å². The summed E-state index contributed by atoms with van der Waals surface area (Å²) in [6, 6.07) is 12.1. The molecule has 0 heterocycles. The van der Waals surface area contributed by atoms with Crippen molar-refractivity contribution in [2.45, 2.75) is 32.0 Å². The highest BCUT2D eigenvalue weighted by Crippen LogP contribution is 2.11. The van der Waals surface area contributed by atoms with Crippen molar-refractivity contribution >= 4 is 21.9 Å². The molecule has 0 bridgehead atoms. The van der Waals surface area contributed by atoms with E-state index in [1.54, 1.807) is 0 Å². The van der Waals surface area contributed by atoms with Crippen molar-refractivity contribution in [2.75, 3.05) is 0 Å². The van der Waals surface area contributed by atoms with Crippen LogP contribution in [0, 0.1) is 5.92 Å². The highest BCUT2D eigenvalue weighted by Gasteiger charge is 2.05. The minimum atomic E-state index is -0.0395. The first kappa shape index (κ1) is 14.7. The number of benzene rings is 1. The van der Waals surface area contributed by atoms with E-state index in [4.69, 9.17) is 5.73 Å². The van der Waals surface area contributed by atoms with Gasteiger partial charge in [0.05, 0.1) is 0 Å². The van der Waals surface area contributed by atoms with Gasteiger partial charge in [-0.3, -0.25) is 0 Å². The second-order valence-electron chi connectivity index (χ2n) is 4.35. The fourth-order valence-electron chi connectivity index (χ4n) is 1.67. The summed E-state index contributed by atoms with van der Waals surface area (Å²) in [6.07, 6.45) is 1.21. The van der Waals surface area contributed by atoms with Crippen LogP contribution in [0.25, 0.3) is 0 Å². The summed E-state index contributed by atoms with van der Waals surface area (Å²) in [5, 5.41) is 0. The van der Waals surface area contributed by atoms with Crippen LogP contribution in [-0.2, 0) is 6.42 Å². The Kier molecular flexibility index (Phi) is 7.75. The molecule has 0 aliphatic rings. The van der Waals surface area contributed by atoms with E-state index >= 15 is 0 Å². The molecule has 2 N–H and O–H groups in total. The van der Waals surface area contributed by atoms with E-state index in [1.807, 2.05) is 0 Å². The lowest BCUT2D eigenvalue weighted by Crippen LogP contribution is -2.24. The first-order chi connectivity index (χ1) is 6.68. The maximum absolute atomic E-state index is 5.80. The summed E-state index contributed by atoms with van der Waals surface area (Å²) in [6.45, 7) is 4.48. The normalized spacial score (nSPS) is 14.9. The molecule has 1 aromatic rings. The number of hydrogen-bond acceptors (Lipinski definition) is 1. The molecule has 3 heteroatoms. The molecule has 0 spiro atoms. The van der Waals surface area contributed by atoms with Gasteiger partial charge in [0.25, 0.3) is 0 Å². The first-order valence-corrected chi connectivity index (χ1v) is 7.29. The zero-order valence-electron chi connectivity index (χ0n) is 9.65. The third-order valence-corrected chi connectivity index (χ3v) is 4.77. The van der Waals surface area contributed by atoms with Crippen molar-refractivity contribution in [3.8, 4) is 0 Å². The molecule has 0 aliphatic carbocycles. The molecule has 2 unspecified atom stereocenters. The van der Waals surface area contributed by atoms with Gasteiger partial charge in [0.15, 0.2) is 0 Å². The summed E-state index contributed by atoms with van der Waals surface area (Å²) >= 11 is 0. The Morgan fingerprint density at radius 3 is 2.33 bits per heavy atom. The maximum Gasteiger partial charge on any atom is 0.0400 e. The van der Waals surface area contributed by atoms with E-state index < -0.39 is 0 Å². The monoisotopic (exact) mass is 243 g/mol. The Morgan fingerprint density at radius 1 is 1.20 bits per heavy atom. The molecule has 2 atom stereocenters. The van der Waals surface area contributed by atoms with Crippen LogP contribution >= 0.6 is 12.4 Å². The van der Waals surface area contributed by atoms with Gasteiger partial charge in [0.1, 0.15) is 0 Å². The van der Waals surface area contributed by atoms with Crippen LogP contribution in [0.3, 0.4) is 0 Å². The van der Waals surface area contributed by atoms with Gasteiger partial charge in [-0.05, 0) is 23.6 Å². The van der Waals surface area contributed by atoms with Gasteiger partial charge < -0.3 is 5.73 Å². The Hall–Kier alpha value is -0.313. The van der Waals surface area contributed by atoms with Gasteiger partial charge in [-0.25, -0.2) is 0 Å². The van der Waals surface area contributed by atoms with Crippen LogP contribution in [-0.4, -0.2) is 15.2 Å². The molecular weight excluding hydrogens is 222 g/mol. The molecule has 1 aromatic carbocycles. The van der Waals surface area contributed by atoms with E-state index in [9.17, 15) is 0 Å². The predicted octanol–water partition coefficient (Wildman–Crippen LogP) is 2.18. The van der Waals surface area contributed by atoms with E-state index in [0.717, 1.165) is 5.92 Å². The topological polar surface area (TPSA) is 26.0 Å². The third kappa shape index (κ3) is 6.71. The fraction of sp³-hybridized carbons (Fsp3) is 0.500. The lowest BCUT2D eigenvalue weighted by atomic mass is 10.0. The van der Waals surface area contributed by atoms with Crippen LogP contribution < -0.4 is 5.73 Å². The van der Waals surface area contributed by atoms with Crippen molar-refractivity contribution in [3.05, 3.63) is 35.9 Å². The average molecular weight is 244 g/mol. The second kappa shape index (κ2) is 7.91. The molecule has 0 saturated heterocycles. The Balaban J connectivity index is 0.00000196. The molecule has 0 radical (unpaired) electrons. The lowest BCUT2D eigenvalue weighted by molar-refractivity contribution is 0.639. The fourth-order valence-corrected chi connectivity index (χ4v) is 2.96. The largest absolute Gasteiger partial charge is 0.331 e. The van der Waals surface area contributed by atoms with Crippen molar-refractivity contribution in [1.29, 1.82) is 0 Å². The highest BCUT2D eigenvalue weighted by atomic mass is 35.5. The van der Waals surface area contributed by atoms with E-state index in [0.29, 0.717) is 5.67 Å². The Labute approximate surface area is 102 Å². The van der Waals surface area contributed by atoms with E-state index in [1.165, 1.54) is 18.0 Å². The highest BCUT2D eigenvalue weighted by molar-refractivity contribution is 6.37. The van der Waals surface area contributed by atoms with E-state index in [-0.39, 0.29) is 21.9 Å². The number of halogens is 1. The standard InChI is InChI=1S/C12H21NSi.ClH/c1-10(9-14-11(2)13)8-12-6-4-3-5-7-12;/h3-7,10-11H,8-9,13-14H2,1-2H3;1H. The summed E-state index contributed by atoms with van der Waals surface area (Å²) in [5.74, 6) is 0.801. The van der Waals surface area contributed by atoms with Gasteiger partial charge in [0, 0.05) is 9.52 Å². The summed E-state index contributed by atoms with van der Waals surface area (Å²) in [4.78, 5) is 0. The predicted molar refractivity (Wildman–Crippen MR) is 73.6 cm³/mol. The molecule has 1 nitrogen and oxygen atoms in total. The zero-order chi connectivity index (χ0) is 10.4. The van der Waals surface area contributed by atoms with Crippen molar-refractivity contribution < 1.29 is 0 Å². The molecule has 0 aliphatic heterocycles. The number of rotatable bonds is 5. The third-order valence-electron chi connectivity index (χ3n) is 2.54. The van der Waals surface area contributed by atoms with Crippen LogP contribution in [0.5, 0.6) is 0 Å². The summed E-state index contributed by atoms with van der Waals surface area (Å²) in [5.41, 5.74) is 7.73. The van der Waals surface area contributed by atoms with Gasteiger partial charge in [-0.2, -0.15) is 0 Å². The molecular formula is C12H22ClNSi. The van der Waals surface area contributed by atoms with Crippen LogP contribution in [0.15, 0.2) is 30.3 Å². The van der Waals surface area contributed by atoms with E-state index in [2.05, 4.69) is 44.2 Å². The summed E-state index contributed by atoms with van der Waals surface area (Å²) < 4.78 is 0. The molecule has 86 valence electrons. The summed E-state index contributed by atoms with van der Waals surface area (Å²) in [7, 11) is -0.0395.